The van der Waals surface area contributed by atoms with Gasteiger partial charge in [-0.25, -0.2) is 9.97 Å². The summed E-state index contributed by atoms with van der Waals surface area (Å²) in [5, 5.41) is 4.42. The van der Waals surface area contributed by atoms with E-state index in [1.807, 2.05) is 24.3 Å². The van der Waals surface area contributed by atoms with Crippen LogP contribution in [0.3, 0.4) is 0 Å². The highest BCUT2D eigenvalue weighted by Gasteiger charge is 2.27. The Balaban J connectivity index is 1.50. The molecule has 0 unspecified atom stereocenters. The van der Waals surface area contributed by atoms with Gasteiger partial charge in [0.05, 0.1) is 47.0 Å². The highest BCUT2D eigenvalue weighted by atomic mass is 28.3. The van der Waals surface area contributed by atoms with Gasteiger partial charge in [-0.15, -0.1) is 0 Å². The predicted octanol–water partition coefficient (Wildman–Crippen LogP) is 14.6. The molecule has 9 rings (SSSR count). The third kappa shape index (κ3) is 8.41. The summed E-state index contributed by atoms with van der Waals surface area (Å²) in [7, 11) is -4.90. The lowest BCUT2D eigenvalue weighted by molar-refractivity contribution is 0.112. The first-order valence-electron chi connectivity index (χ1n) is 24.1. The Kier molecular flexibility index (Phi) is 11.8. The topological polar surface area (TPSA) is 74.4 Å². The smallest absolute Gasteiger partial charge is 0.150 e. The third-order valence-corrected chi connectivity index (χ3v) is 20.5. The second kappa shape index (κ2) is 17.1. The van der Waals surface area contributed by atoms with Crippen LogP contribution in [0.5, 0.6) is 0 Å². The monoisotopic (exact) mass is 942 g/mol. The molecule has 344 valence electrons. The van der Waals surface area contributed by atoms with E-state index in [4.69, 9.17) is 9.97 Å². The maximum Gasteiger partial charge on any atom is 0.150 e. The van der Waals surface area contributed by atoms with E-state index in [-0.39, 0.29) is 0 Å². The van der Waals surface area contributed by atoms with Crippen molar-refractivity contribution >= 4 is 92.4 Å². The van der Waals surface area contributed by atoms with Gasteiger partial charge in [0, 0.05) is 49.9 Å². The van der Waals surface area contributed by atoms with E-state index in [2.05, 4.69) is 195 Å². The Labute approximate surface area is 406 Å². The molecule has 0 fully saturated rings. The third-order valence-electron chi connectivity index (χ3n) is 14.1. The number of carbonyl (C=O) groups excluding carboxylic acids is 1. The van der Waals surface area contributed by atoms with Gasteiger partial charge in [0.2, 0.25) is 0 Å². The minimum Gasteiger partial charge on any atom is -0.354 e. The number of carbonyl (C=O) groups is 1. The Morgan fingerprint density at radius 2 is 0.706 bits per heavy atom. The van der Waals surface area contributed by atoms with Gasteiger partial charge in [-0.05, 0) is 129 Å². The molecule has 3 aromatic heterocycles. The Morgan fingerprint density at radius 3 is 1.06 bits per heavy atom. The number of fused-ring (bicyclic) bond motifs is 8. The molecule has 0 spiro atoms. The molecule has 0 aliphatic carbocycles. The average molecular weight is 943 g/mol. The molecule has 2 aliphatic heterocycles. The van der Waals surface area contributed by atoms with Crippen molar-refractivity contribution in [2.45, 2.75) is 100 Å². The van der Waals surface area contributed by atoms with Crippen molar-refractivity contribution in [3.8, 4) is 44.5 Å². The van der Waals surface area contributed by atoms with Crippen LogP contribution < -0.4 is 15.6 Å². The number of H-pyrrole nitrogens is 2. The van der Waals surface area contributed by atoms with Crippen LogP contribution in [0.1, 0.15) is 66.5 Å². The number of aromatic amines is 2. The normalized spacial score (nSPS) is 12.9. The van der Waals surface area contributed by atoms with Crippen molar-refractivity contribution in [3.63, 3.8) is 0 Å². The van der Waals surface area contributed by atoms with Crippen molar-refractivity contribution in [3.05, 3.63) is 147 Å². The van der Waals surface area contributed by atoms with Gasteiger partial charge in [0.1, 0.15) is 0 Å². The van der Waals surface area contributed by atoms with Gasteiger partial charge >= 0.3 is 0 Å². The molecule has 0 amide bonds. The van der Waals surface area contributed by atoms with E-state index in [1.165, 1.54) is 54.5 Å². The lowest BCUT2D eigenvalue weighted by Gasteiger charge is -2.22. The van der Waals surface area contributed by atoms with E-state index in [9.17, 15) is 4.79 Å². The first-order valence-corrected chi connectivity index (χ1v) is 34.6. The number of rotatable bonds is 8. The second-order valence-corrected chi connectivity index (χ2v) is 37.5. The van der Waals surface area contributed by atoms with Gasteiger partial charge in [-0.2, -0.15) is 0 Å². The molecule has 0 saturated carbocycles. The van der Waals surface area contributed by atoms with E-state index in [0.29, 0.717) is 5.56 Å². The van der Waals surface area contributed by atoms with Crippen LogP contribution in [-0.4, -0.2) is 50.4 Å². The summed E-state index contributed by atoms with van der Waals surface area (Å²) in [6, 6.07) is 31.3. The van der Waals surface area contributed by atoms with Crippen LogP contribution in [0.15, 0.2) is 84.9 Å². The first-order chi connectivity index (χ1) is 32.0. The number of hydrogen-bond donors (Lipinski definition) is 2. The molecule has 0 atom stereocenters. The summed E-state index contributed by atoms with van der Waals surface area (Å²) in [4.78, 5) is 32.0. The number of nitrogens with zero attached hydrogens (tertiary/aromatic N) is 2. The first kappa shape index (κ1) is 46.9. The van der Waals surface area contributed by atoms with Gasteiger partial charge in [0.25, 0.3) is 0 Å². The molecular formula is C60H66N4OSi3. The molecule has 7 aromatic rings. The largest absolute Gasteiger partial charge is 0.354 e. The van der Waals surface area contributed by atoms with Crippen LogP contribution in [0.25, 0.3) is 90.9 Å². The van der Waals surface area contributed by atoms with Crippen LogP contribution in [0, 0.1) is 41.5 Å². The Hall–Kier alpha value is -6.20. The molecule has 5 nitrogen and oxygen atoms in total. The zero-order valence-corrected chi connectivity index (χ0v) is 45.8. The van der Waals surface area contributed by atoms with Gasteiger partial charge in [0.15, 0.2) is 6.29 Å². The van der Waals surface area contributed by atoms with Crippen LogP contribution in [-0.2, 0) is 0 Å². The molecule has 4 aromatic carbocycles. The summed E-state index contributed by atoms with van der Waals surface area (Å²) < 4.78 is 0. The number of aldehydes is 1. The summed E-state index contributed by atoms with van der Waals surface area (Å²) >= 11 is 0. The van der Waals surface area contributed by atoms with Crippen LogP contribution in [0.2, 0.25) is 58.9 Å². The number of hydrogen-bond acceptors (Lipinski definition) is 3. The van der Waals surface area contributed by atoms with E-state index in [1.54, 1.807) is 0 Å². The Morgan fingerprint density at radius 1 is 0.382 bits per heavy atom. The maximum atomic E-state index is 12.8. The fourth-order valence-corrected chi connectivity index (χ4v) is 16.6. The summed E-state index contributed by atoms with van der Waals surface area (Å²) in [5.41, 5.74) is 23.8. The van der Waals surface area contributed by atoms with E-state index in [0.717, 1.165) is 90.1 Å². The summed E-state index contributed by atoms with van der Waals surface area (Å²) in [5.74, 6) is 0. The van der Waals surface area contributed by atoms with Crippen molar-refractivity contribution < 1.29 is 4.79 Å². The number of nitrogens with one attached hydrogen (secondary N) is 2. The molecular weight excluding hydrogens is 877 g/mol. The van der Waals surface area contributed by atoms with E-state index < -0.39 is 24.2 Å². The molecule has 0 radical (unpaired) electrons. The number of benzene rings is 4. The zero-order chi connectivity index (χ0) is 48.8. The molecule has 2 aliphatic rings. The van der Waals surface area contributed by atoms with Crippen molar-refractivity contribution in [2.24, 2.45) is 0 Å². The minimum atomic E-state index is -1.64. The van der Waals surface area contributed by atoms with E-state index >= 15 is 0 Å². The highest BCUT2D eigenvalue weighted by molar-refractivity contribution is 6.90. The summed E-state index contributed by atoms with van der Waals surface area (Å²) in [6.45, 7) is 35.4. The zero-order valence-electron chi connectivity index (χ0n) is 42.8. The fourth-order valence-electron chi connectivity index (χ4n) is 10.8. The van der Waals surface area contributed by atoms with Crippen molar-refractivity contribution in [1.29, 1.82) is 0 Å². The minimum absolute atomic E-state index is 0.593. The van der Waals surface area contributed by atoms with Crippen LogP contribution in [0.4, 0.5) is 0 Å². The maximum absolute atomic E-state index is 12.8. The predicted molar refractivity (Wildman–Crippen MR) is 303 cm³/mol. The highest BCUT2D eigenvalue weighted by Crippen LogP contribution is 2.41. The van der Waals surface area contributed by atoms with Crippen LogP contribution >= 0.6 is 0 Å². The lowest BCUT2D eigenvalue weighted by atomic mass is 9.97. The second-order valence-electron chi connectivity index (χ2n) is 22.4. The molecule has 2 N–H and O–H groups in total. The Bertz CT molecular complexity index is 3320. The molecule has 8 bridgehead atoms. The molecule has 5 heterocycles. The number of aromatic nitrogens is 4. The average Bonchev–Trinajstić information content (AvgIpc) is 4.11. The van der Waals surface area contributed by atoms with Gasteiger partial charge < -0.3 is 9.97 Å². The quantitative estimate of drug-likeness (QED) is 0.118. The molecule has 0 saturated heterocycles. The van der Waals surface area contributed by atoms with Gasteiger partial charge in [-0.3, -0.25) is 4.79 Å². The van der Waals surface area contributed by atoms with Gasteiger partial charge in [-0.1, -0.05) is 152 Å². The standard InChI is InChI=1S/C60H66N4OSi3/c1-35-31-54(66(7,8)9)38(4)28-43(35)58-48-22-20-46(61-48)57(42-19-17-16-18-41(42)34-65)47-21-23-49(62-47)59(44-29-39(5)55(32-36(44)2)67(10,11)12)51-25-27-53(64-51)60(52-26-24-50(58)63-52)45-30-40(6)56(33-37(45)3)68(13,14)15/h16-34,63-64H,1-15H3. The molecule has 68 heavy (non-hydrogen) atoms. The lowest BCUT2D eigenvalue weighted by Crippen LogP contribution is -2.39. The van der Waals surface area contributed by atoms with Crippen molar-refractivity contribution in [1.82, 2.24) is 19.9 Å². The fraction of sp³-hybridized carbons (Fsp3) is 0.250. The van der Waals surface area contributed by atoms with Crippen molar-refractivity contribution in [2.75, 3.05) is 0 Å². The summed E-state index contributed by atoms with van der Waals surface area (Å²) in [6.07, 6.45) is 9.45. The SMILES string of the molecule is Cc1cc([Si](C)(C)C)c(C)cc1-c1c2nc(c(-c3ccccc3C=O)c3nc(c(-c4cc(C)c([Si](C)(C)C)cc4C)c4ccc([nH]4)c(-c4cc(C)c([Si](C)(C)C)cc4C)c4ccc1[nH]4)C=C3)C=C2. The molecule has 8 heteroatoms. The number of aryl methyl sites for hydroxylation is 6.